The van der Waals surface area contributed by atoms with E-state index in [0.29, 0.717) is 5.92 Å². The summed E-state index contributed by atoms with van der Waals surface area (Å²) in [6, 6.07) is 5.97. The largest absolute Gasteiger partial charge is 0.444 e. The Bertz CT molecular complexity index is 550. The van der Waals surface area contributed by atoms with Gasteiger partial charge in [0.25, 0.3) is 0 Å². The highest BCUT2D eigenvalue weighted by Gasteiger charge is 2.25. The number of amides is 1. The number of hydrogen-bond donors (Lipinski definition) is 2. The molecule has 3 nitrogen and oxygen atoms in total. The third kappa shape index (κ3) is 5.71. The molecule has 0 bridgehead atoms. The first-order valence-electron chi connectivity index (χ1n) is 8.24. The fraction of sp³-hybridized carbons (Fsp3) is 0.611. The molecule has 1 aliphatic carbocycles. The highest BCUT2D eigenvalue weighted by Crippen LogP contribution is 2.41. The van der Waals surface area contributed by atoms with Crippen molar-refractivity contribution in [2.45, 2.75) is 63.7 Å². The van der Waals surface area contributed by atoms with Crippen molar-refractivity contribution in [3.63, 3.8) is 0 Å². The summed E-state index contributed by atoms with van der Waals surface area (Å²) < 4.78 is 6.30. The Balaban J connectivity index is 2.17. The number of ether oxygens (including phenoxy) is 1. The van der Waals surface area contributed by atoms with Crippen LogP contribution in [0.15, 0.2) is 22.7 Å². The fourth-order valence-electron chi connectivity index (χ4n) is 3.01. The minimum atomic E-state index is -0.514. The van der Waals surface area contributed by atoms with Crippen LogP contribution in [0.25, 0.3) is 0 Å². The summed E-state index contributed by atoms with van der Waals surface area (Å²) in [5.74, 6) is 0.562. The van der Waals surface area contributed by atoms with Gasteiger partial charge in [-0.1, -0.05) is 41.3 Å². The van der Waals surface area contributed by atoms with Crippen LogP contribution in [-0.2, 0) is 4.74 Å². The second kappa shape index (κ2) is 7.93. The molecule has 1 aromatic rings. The van der Waals surface area contributed by atoms with Gasteiger partial charge >= 0.3 is 6.09 Å². The normalized spacial score (nSPS) is 17.6. The van der Waals surface area contributed by atoms with Crippen LogP contribution in [0.1, 0.15) is 63.7 Å². The number of nitrogens with one attached hydrogen (secondary N) is 1. The average molecular weight is 400 g/mol. The van der Waals surface area contributed by atoms with Crippen molar-refractivity contribution >= 4 is 40.3 Å². The highest BCUT2D eigenvalue weighted by molar-refractivity contribution is 9.10. The lowest BCUT2D eigenvalue weighted by Gasteiger charge is -2.29. The maximum atomic E-state index is 12.1. The summed E-state index contributed by atoms with van der Waals surface area (Å²) in [4.78, 5) is 12.1. The number of benzene rings is 1. The predicted octanol–water partition coefficient (Wildman–Crippen LogP) is 6.35. The van der Waals surface area contributed by atoms with Crippen molar-refractivity contribution in [1.82, 2.24) is 0 Å². The Hall–Kier alpha value is -0.680. The summed E-state index contributed by atoms with van der Waals surface area (Å²) in [5.41, 5.74) is 1.33. The van der Waals surface area contributed by atoms with E-state index in [1.807, 2.05) is 39.0 Å². The molecule has 1 atom stereocenters. The van der Waals surface area contributed by atoms with E-state index in [4.69, 9.17) is 17.4 Å². The van der Waals surface area contributed by atoms with Gasteiger partial charge in [-0.05, 0) is 57.2 Å². The first-order valence-corrected chi connectivity index (χ1v) is 9.55. The molecule has 23 heavy (non-hydrogen) atoms. The van der Waals surface area contributed by atoms with Gasteiger partial charge in [-0.2, -0.15) is 12.6 Å². The van der Waals surface area contributed by atoms with Crippen molar-refractivity contribution in [3.05, 3.63) is 28.2 Å². The summed E-state index contributed by atoms with van der Waals surface area (Å²) in [5, 5.41) is 3.02. The van der Waals surface area contributed by atoms with E-state index in [0.717, 1.165) is 15.7 Å². The first-order chi connectivity index (χ1) is 10.8. The molecule has 5 heteroatoms. The SMILES string of the molecule is CC(C)(C)OC(=O)Nc1cc(Br)ccc1C(S)C1CCCCC1. The van der Waals surface area contributed by atoms with Crippen molar-refractivity contribution in [2.24, 2.45) is 5.92 Å². The number of thiol groups is 1. The quantitative estimate of drug-likeness (QED) is 0.581. The van der Waals surface area contributed by atoms with Crippen LogP contribution < -0.4 is 5.32 Å². The van der Waals surface area contributed by atoms with Gasteiger partial charge in [0.15, 0.2) is 0 Å². The molecule has 0 saturated heterocycles. The summed E-state index contributed by atoms with van der Waals surface area (Å²) >= 11 is 8.34. The van der Waals surface area contributed by atoms with Crippen molar-refractivity contribution in [3.8, 4) is 0 Å². The van der Waals surface area contributed by atoms with E-state index >= 15 is 0 Å². The summed E-state index contributed by atoms with van der Waals surface area (Å²) in [6.45, 7) is 5.58. The lowest BCUT2D eigenvalue weighted by Crippen LogP contribution is -2.27. The molecular weight excluding hydrogens is 374 g/mol. The molecule has 1 saturated carbocycles. The lowest BCUT2D eigenvalue weighted by molar-refractivity contribution is 0.0635. The third-order valence-corrected chi connectivity index (χ3v) is 5.26. The summed E-state index contributed by atoms with van der Waals surface area (Å²) in [6.07, 6.45) is 5.84. The molecule has 128 valence electrons. The van der Waals surface area contributed by atoms with Gasteiger partial charge in [0.05, 0.1) is 0 Å². The van der Waals surface area contributed by atoms with Gasteiger partial charge in [0.2, 0.25) is 0 Å². The topological polar surface area (TPSA) is 38.3 Å². The van der Waals surface area contributed by atoms with Crippen LogP contribution in [0.3, 0.4) is 0 Å². The van der Waals surface area contributed by atoms with Gasteiger partial charge in [0.1, 0.15) is 5.60 Å². The van der Waals surface area contributed by atoms with Gasteiger partial charge in [0, 0.05) is 15.4 Å². The predicted molar refractivity (Wildman–Crippen MR) is 102 cm³/mol. The van der Waals surface area contributed by atoms with Crippen molar-refractivity contribution < 1.29 is 9.53 Å². The standard InChI is InChI=1S/C18H26BrNO2S/c1-18(2,3)22-17(21)20-15-11-13(19)9-10-14(15)16(23)12-7-5-4-6-8-12/h9-12,16,23H,4-8H2,1-3H3,(H,20,21). The smallest absolute Gasteiger partial charge is 0.412 e. The number of rotatable bonds is 3. The number of hydrogen-bond acceptors (Lipinski definition) is 3. The second-order valence-electron chi connectivity index (χ2n) is 7.20. The Labute approximate surface area is 153 Å². The van der Waals surface area contributed by atoms with Gasteiger partial charge in [-0.15, -0.1) is 0 Å². The van der Waals surface area contributed by atoms with Crippen LogP contribution in [0.4, 0.5) is 10.5 Å². The van der Waals surface area contributed by atoms with Crippen LogP contribution >= 0.6 is 28.6 Å². The number of halogens is 1. The molecule has 0 radical (unpaired) electrons. The molecule has 1 N–H and O–H groups in total. The van der Waals surface area contributed by atoms with E-state index in [1.54, 1.807) is 0 Å². The minimum Gasteiger partial charge on any atom is -0.444 e. The van der Waals surface area contributed by atoms with Gasteiger partial charge in [-0.3, -0.25) is 5.32 Å². The molecular formula is C18H26BrNO2S. The molecule has 1 aliphatic rings. The Morgan fingerprint density at radius 2 is 1.96 bits per heavy atom. The first kappa shape index (κ1) is 18.7. The Kier molecular flexibility index (Phi) is 6.43. The van der Waals surface area contributed by atoms with Crippen LogP contribution in [0.5, 0.6) is 0 Å². The molecule has 0 aliphatic heterocycles. The van der Waals surface area contributed by atoms with Crippen LogP contribution in [0, 0.1) is 5.92 Å². The maximum Gasteiger partial charge on any atom is 0.412 e. The van der Waals surface area contributed by atoms with E-state index < -0.39 is 11.7 Å². The van der Waals surface area contributed by atoms with Crippen molar-refractivity contribution in [2.75, 3.05) is 5.32 Å². The summed E-state index contributed by atoms with van der Waals surface area (Å²) in [7, 11) is 0. The fourth-order valence-corrected chi connectivity index (χ4v) is 3.90. The number of anilines is 1. The zero-order chi connectivity index (χ0) is 17.0. The van der Waals surface area contributed by atoms with E-state index in [9.17, 15) is 4.79 Å². The third-order valence-electron chi connectivity index (χ3n) is 4.07. The Morgan fingerprint density at radius 1 is 1.30 bits per heavy atom. The molecule has 0 spiro atoms. The van der Waals surface area contributed by atoms with E-state index in [1.165, 1.54) is 32.1 Å². The van der Waals surface area contributed by atoms with Gasteiger partial charge in [-0.25, -0.2) is 4.79 Å². The molecule has 2 rings (SSSR count). The molecule has 0 heterocycles. The molecule has 1 amide bonds. The molecule has 1 unspecified atom stereocenters. The average Bonchev–Trinajstić information content (AvgIpc) is 2.45. The molecule has 0 aromatic heterocycles. The maximum absolute atomic E-state index is 12.1. The zero-order valence-electron chi connectivity index (χ0n) is 14.1. The lowest BCUT2D eigenvalue weighted by atomic mass is 9.84. The van der Waals surface area contributed by atoms with E-state index in [2.05, 4.69) is 21.2 Å². The van der Waals surface area contributed by atoms with Crippen LogP contribution in [0.2, 0.25) is 0 Å². The monoisotopic (exact) mass is 399 g/mol. The highest BCUT2D eigenvalue weighted by atomic mass is 79.9. The molecule has 1 aromatic carbocycles. The van der Waals surface area contributed by atoms with Crippen molar-refractivity contribution in [1.29, 1.82) is 0 Å². The zero-order valence-corrected chi connectivity index (χ0v) is 16.5. The van der Waals surface area contributed by atoms with Crippen LogP contribution in [-0.4, -0.2) is 11.7 Å². The number of carbonyl (C=O) groups is 1. The van der Waals surface area contributed by atoms with E-state index in [-0.39, 0.29) is 5.25 Å². The number of carbonyl (C=O) groups excluding carboxylic acids is 1. The molecule has 1 fully saturated rings. The minimum absolute atomic E-state index is 0.133. The second-order valence-corrected chi connectivity index (χ2v) is 8.67. The Morgan fingerprint density at radius 3 is 2.57 bits per heavy atom. The van der Waals surface area contributed by atoms with Gasteiger partial charge < -0.3 is 4.74 Å².